The molecule has 4 rings (SSSR count). The summed E-state index contributed by atoms with van der Waals surface area (Å²) in [6.45, 7) is 1.12. The lowest BCUT2D eigenvalue weighted by Gasteiger charge is -2.45. The average Bonchev–Trinajstić information content (AvgIpc) is 2.79. The van der Waals surface area contributed by atoms with E-state index in [1.54, 1.807) is 0 Å². The molecule has 1 aliphatic carbocycles. The zero-order chi connectivity index (χ0) is 22.2. The number of hydrogen-bond donors (Lipinski definition) is 2. The maximum atomic E-state index is 12.1. The third-order valence-electron chi connectivity index (χ3n) is 6.33. The van der Waals surface area contributed by atoms with Crippen molar-refractivity contribution in [3.8, 4) is 23.3 Å². The van der Waals surface area contributed by atoms with Gasteiger partial charge in [0.1, 0.15) is 0 Å². The molecule has 6 nitrogen and oxygen atoms in total. The summed E-state index contributed by atoms with van der Waals surface area (Å²) in [7, 11) is 1.94. The number of nitriles is 2. The van der Waals surface area contributed by atoms with E-state index in [1.807, 2.05) is 67.7 Å². The van der Waals surface area contributed by atoms with Gasteiger partial charge in [-0.05, 0) is 29.3 Å². The molecule has 1 aliphatic heterocycles. The highest BCUT2D eigenvalue weighted by Gasteiger charge is 2.55. The Morgan fingerprint density at radius 2 is 1.71 bits per heavy atom. The van der Waals surface area contributed by atoms with E-state index in [1.165, 1.54) is 0 Å². The van der Waals surface area contributed by atoms with Gasteiger partial charge in [-0.25, -0.2) is 4.79 Å². The van der Waals surface area contributed by atoms with Gasteiger partial charge in [0.2, 0.25) is 0 Å². The van der Waals surface area contributed by atoms with Crippen molar-refractivity contribution in [1.29, 1.82) is 10.5 Å². The number of aliphatic carboxylic acids is 1. The number of carboxylic acid groups (broad SMARTS) is 1. The monoisotopic (exact) mass is 410 g/mol. The molecule has 0 aromatic heterocycles. The summed E-state index contributed by atoms with van der Waals surface area (Å²) in [6, 6.07) is 21.9. The molecule has 154 valence electrons. The fraction of sp³-hybridized carbons (Fsp3) is 0.240. The number of nitrogens with zero attached hydrogens (tertiary/aromatic N) is 3. The van der Waals surface area contributed by atoms with E-state index in [0.29, 0.717) is 18.7 Å². The fourth-order valence-electron chi connectivity index (χ4n) is 4.83. The van der Waals surface area contributed by atoms with Gasteiger partial charge in [0, 0.05) is 24.9 Å². The van der Waals surface area contributed by atoms with Crippen LogP contribution in [0, 0.1) is 34.0 Å². The third kappa shape index (κ3) is 3.18. The first kappa shape index (κ1) is 20.4. The maximum absolute atomic E-state index is 12.1. The lowest BCUT2D eigenvalue weighted by atomic mass is 9.58. The Morgan fingerprint density at radius 1 is 1.10 bits per heavy atom. The first-order chi connectivity index (χ1) is 14.9. The second kappa shape index (κ2) is 7.75. The Kier molecular flexibility index (Phi) is 5.10. The molecule has 6 heteroatoms. The van der Waals surface area contributed by atoms with Crippen molar-refractivity contribution in [3.63, 3.8) is 0 Å². The number of carbonyl (C=O) groups is 1. The SMILES string of the molecule is CN1CC=C2C(C(=O)O)=C(N)C(C#N)(C#N)C(c3ccc(-c4ccccc4)cc3)C2C1. The van der Waals surface area contributed by atoms with E-state index in [2.05, 4.69) is 17.0 Å². The van der Waals surface area contributed by atoms with Crippen molar-refractivity contribution in [2.45, 2.75) is 5.92 Å². The molecule has 0 spiro atoms. The number of allylic oxidation sites excluding steroid dienone is 1. The zero-order valence-electron chi connectivity index (χ0n) is 17.1. The van der Waals surface area contributed by atoms with Gasteiger partial charge in [-0.2, -0.15) is 10.5 Å². The summed E-state index contributed by atoms with van der Waals surface area (Å²) in [4.78, 5) is 14.1. The third-order valence-corrected chi connectivity index (χ3v) is 6.33. The quantitative estimate of drug-likeness (QED) is 0.803. The fourth-order valence-corrected chi connectivity index (χ4v) is 4.83. The largest absolute Gasteiger partial charge is 0.478 e. The molecule has 2 aliphatic rings. The average molecular weight is 410 g/mol. The van der Waals surface area contributed by atoms with Crippen LogP contribution in [-0.4, -0.2) is 36.1 Å². The molecular formula is C25H22N4O2. The van der Waals surface area contributed by atoms with Crippen molar-refractivity contribution in [1.82, 2.24) is 4.90 Å². The van der Waals surface area contributed by atoms with Crippen LogP contribution in [-0.2, 0) is 4.79 Å². The molecule has 0 fully saturated rings. The van der Waals surface area contributed by atoms with Gasteiger partial charge in [0.05, 0.1) is 23.4 Å². The molecule has 0 amide bonds. The molecule has 0 bridgehead atoms. The summed E-state index contributed by atoms with van der Waals surface area (Å²) in [5.41, 5.74) is 7.73. The highest BCUT2D eigenvalue weighted by molar-refractivity contribution is 5.94. The number of fused-ring (bicyclic) bond motifs is 1. The first-order valence-corrected chi connectivity index (χ1v) is 10.0. The molecule has 1 heterocycles. The minimum absolute atomic E-state index is 0.0987. The molecule has 2 unspecified atom stereocenters. The predicted octanol–water partition coefficient (Wildman–Crippen LogP) is 3.27. The highest BCUT2D eigenvalue weighted by atomic mass is 16.4. The smallest absolute Gasteiger partial charge is 0.337 e. The van der Waals surface area contributed by atoms with E-state index in [4.69, 9.17) is 5.73 Å². The Labute approximate surface area is 181 Å². The Morgan fingerprint density at radius 3 is 2.29 bits per heavy atom. The lowest BCUT2D eigenvalue weighted by molar-refractivity contribution is -0.132. The molecule has 2 aromatic rings. The molecule has 3 N–H and O–H groups in total. The van der Waals surface area contributed by atoms with Crippen molar-refractivity contribution < 1.29 is 9.90 Å². The maximum Gasteiger partial charge on any atom is 0.337 e. The van der Waals surface area contributed by atoms with Crippen molar-refractivity contribution >= 4 is 5.97 Å². The summed E-state index contributed by atoms with van der Waals surface area (Å²) in [5.74, 6) is -2.12. The minimum atomic E-state index is -1.76. The number of likely N-dealkylation sites (N-methyl/N-ethyl adjacent to an activating group) is 1. The van der Waals surface area contributed by atoms with Gasteiger partial charge in [-0.3, -0.25) is 0 Å². The summed E-state index contributed by atoms with van der Waals surface area (Å²) < 4.78 is 0. The lowest BCUT2D eigenvalue weighted by Crippen LogP contribution is -2.48. The Bertz CT molecular complexity index is 1150. The van der Waals surface area contributed by atoms with E-state index >= 15 is 0 Å². The van der Waals surface area contributed by atoms with E-state index in [0.717, 1.165) is 16.7 Å². The zero-order valence-corrected chi connectivity index (χ0v) is 17.1. The van der Waals surface area contributed by atoms with Crippen molar-refractivity contribution in [2.24, 2.45) is 17.1 Å². The van der Waals surface area contributed by atoms with Crippen LogP contribution in [0.3, 0.4) is 0 Å². The van der Waals surface area contributed by atoms with Crippen LogP contribution >= 0.6 is 0 Å². The van der Waals surface area contributed by atoms with Crippen LogP contribution in [0.2, 0.25) is 0 Å². The minimum Gasteiger partial charge on any atom is -0.478 e. The summed E-state index contributed by atoms with van der Waals surface area (Å²) >= 11 is 0. The second-order valence-electron chi connectivity index (χ2n) is 8.08. The van der Waals surface area contributed by atoms with Crippen LogP contribution in [0.15, 0.2) is 77.5 Å². The van der Waals surface area contributed by atoms with Gasteiger partial charge in [0.15, 0.2) is 5.41 Å². The van der Waals surface area contributed by atoms with Gasteiger partial charge in [-0.15, -0.1) is 0 Å². The standard InChI is InChI=1S/C25H22N4O2/c1-29-12-11-19-20(13-29)22(25(14-26,15-27)23(28)21(19)24(30)31)18-9-7-17(8-10-18)16-5-3-2-4-6-16/h2-11,20,22H,12-13,28H2,1H3,(H,30,31). The van der Waals surface area contributed by atoms with Crippen LogP contribution in [0.5, 0.6) is 0 Å². The number of benzene rings is 2. The van der Waals surface area contributed by atoms with Crippen LogP contribution in [0.25, 0.3) is 11.1 Å². The molecule has 0 saturated heterocycles. The number of nitrogens with two attached hydrogens (primary N) is 1. The number of rotatable bonds is 3. The van der Waals surface area contributed by atoms with Gasteiger partial charge in [-0.1, -0.05) is 60.7 Å². The van der Waals surface area contributed by atoms with Crippen LogP contribution < -0.4 is 5.73 Å². The topological polar surface area (TPSA) is 114 Å². The van der Waals surface area contributed by atoms with Gasteiger partial charge >= 0.3 is 5.97 Å². The number of hydrogen-bond acceptors (Lipinski definition) is 5. The highest BCUT2D eigenvalue weighted by Crippen LogP contribution is 2.54. The van der Waals surface area contributed by atoms with Gasteiger partial charge in [0.25, 0.3) is 0 Å². The van der Waals surface area contributed by atoms with Crippen LogP contribution in [0.1, 0.15) is 11.5 Å². The van der Waals surface area contributed by atoms with Crippen molar-refractivity contribution in [3.05, 3.63) is 83.1 Å². The van der Waals surface area contributed by atoms with E-state index in [9.17, 15) is 20.4 Å². The molecular weight excluding hydrogens is 388 g/mol. The predicted molar refractivity (Wildman–Crippen MR) is 116 cm³/mol. The summed E-state index contributed by atoms with van der Waals surface area (Å²) in [6.07, 6.45) is 1.86. The molecule has 2 atom stereocenters. The van der Waals surface area contributed by atoms with Crippen LogP contribution in [0.4, 0.5) is 0 Å². The summed E-state index contributed by atoms with van der Waals surface area (Å²) in [5, 5.41) is 30.1. The molecule has 31 heavy (non-hydrogen) atoms. The normalized spacial score (nSPS) is 22.6. The van der Waals surface area contributed by atoms with Gasteiger partial charge < -0.3 is 15.7 Å². The molecule has 0 radical (unpaired) electrons. The molecule has 2 aromatic carbocycles. The Balaban J connectivity index is 1.90. The van der Waals surface area contributed by atoms with Crippen molar-refractivity contribution in [2.75, 3.05) is 20.1 Å². The first-order valence-electron chi connectivity index (χ1n) is 10.0. The number of carboxylic acids is 1. The Hall–Kier alpha value is -3.87. The van der Waals surface area contributed by atoms with E-state index in [-0.39, 0.29) is 17.2 Å². The second-order valence-corrected chi connectivity index (χ2v) is 8.08. The van der Waals surface area contributed by atoms with E-state index < -0.39 is 17.3 Å². The molecule has 0 saturated carbocycles.